The lowest BCUT2D eigenvalue weighted by Gasteiger charge is -2.19. The topological polar surface area (TPSA) is 34.2 Å². The summed E-state index contributed by atoms with van der Waals surface area (Å²) in [6.45, 7) is 6.65. The Balaban J connectivity index is 1.82. The summed E-state index contributed by atoms with van der Waals surface area (Å²) in [6, 6.07) is 11.2. The lowest BCUT2D eigenvalue weighted by atomic mass is 9.97. The summed E-state index contributed by atoms with van der Waals surface area (Å²) < 4.78 is 5.51. The minimum Gasteiger partial charge on any atom is -0.372 e. The van der Waals surface area contributed by atoms with Crippen molar-refractivity contribution in [1.82, 2.24) is 10.3 Å². The Bertz CT molecular complexity index is 607. The van der Waals surface area contributed by atoms with Gasteiger partial charge < -0.3 is 10.1 Å². The third kappa shape index (κ3) is 3.31. The summed E-state index contributed by atoms with van der Waals surface area (Å²) in [4.78, 5) is 4.53. The van der Waals surface area contributed by atoms with Gasteiger partial charge in [-0.1, -0.05) is 31.2 Å². The summed E-state index contributed by atoms with van der Waals surface area (Å²) >= 11 is 0. The van der Waals surface area contributed by atoms with Gasteiger partial charge in [0.15, 0.2) is 0 Å². The van der Waals surface area contributed by atoms with E-state index in [9.17, 15) is 0 Å². The van der Waals surface area contributed by atoms with Crippen molar-refractivity contribution in [2.24, 2.45) is 0 Å². The molecule has 0 fully saturated rings. The molecular weight excluding hydrogens is 260 g/mol. The zero-order valence-electron chi connectivity index (χ0n) is 12.7. The highest BCUT2D eigenvalue weighted by molar-refractivity contribution is 5.35. The van der Waals surface area contributed by atoms with Crippen molar-refractivity contribution in [1.29, 1.82) is 0 Å². The minimum atomic E-state index is 0.302. The van der Waals surface area contributed by atoms with Gasteiger partial charge in [-0.25, -0.2) is 0 Å². The predicted octanol–water partition coefficient (Wildman–Crippen LogP) is 3.31. The predicted molar refractivity (Wildman–Crippen MR) is 84.0 cm³/mol. The fourth-order valence-corrected chi connectivity index (χ4v) is 2.79. The Kier molecular flexibility index (Phi) is 4.32. The molecule has 3 heteroatoms. The first kappa shape index (κ1) is 14.2. The van der Waals surface area contributed by atoms with Gasteiger partial charge in [0, 0.05) is 24.4 Å². The molecule has 1 N–H and O–H groups in total. The van der Waals surface area contributed by atoms with Crippen LogP contribution in [-0.4, -0.2) is 11.5 Å². The summed E-state index contributed by atoms with van der Waals surface area (Å²) in [5.41, 5.74) is 6.30. The number of ether oxygens (including phenoxy) is 1. The largest absolute Gasteiger partial charge is 0.372 e. The number of nitrogens with zero attached hydrogens (tertiary/aromatic N) is 1. The normalized spacial score (nSPS) is 15.0. The van der Waals surface area contributed by atoms with Gasteiger partial charge in [0.2, 0.25) is 0 Å². The summed E-state index contributed by atoms with van der Waals surface area (Å²) in [5.74, 6) is 0. The molecule has 0 saturated heterocycles. The van der Waals surface area contributed by atoms with Gasteiger partial charge in [-0.15, -0.1) is 0 Å². The molecule has 1 aliphatic rings. The Hall–Kier alpha value is -1.71. The van der Waals surface area contributed by atoms with E-state index < -0.39 is 0 Å². The first-order valence-electron chi connectivity index (χ1n) is 7.60. The maximum atomic E-state index is 5.51. The molecule has 2 aromatic rings. The number of benzene rings is 1. The number of fused-ring (bicyclic) bond motifs is 1. The van der Waals surface area contributed by atoms with Crippen molar-refractivity contribution in [2.75, 3.05) is 6.54 Å². The van der Waals surface area contributed by atoms with Crippen LogP contribution in [0.1, 0.15) is 40.9 Å². The van der Waals surface area contributed by atoms with Crippen LogP contribution in [0.3, 0.4) is 0 Å². The van der Waals surface area contributed by atoms with Crippen LogP contribution < -0.4 is 5.32 Å². The molecule has 110 valence electrons. The molecular formula is C18H22N2O. The van der Waals surface area contributed by atoms with Crippen LogP contribution in [0.25, 0.3) is 0 Å². The minimum absolute atomic E-state index is 0.302. The van der Waals surface area contributed by atoms with Gasteiger partial charge in [-0.2, -0.15) is 0 Å². The molecule has 1 aliphatic heterocycles. The van der Waals surface area contributed by atoms with Crippen molar-refractivity contribution < 1.29 is 4.74 Å². The van der Waals surface area contributed by atoms with E-state index in [0.717, 1.165) is 31.9 Å². The number of aromatic nitrogens is 1. The van der Waals surface area contributed by atoms with Crippen LogP contribution in [0.5, 0.6) is 0 Å². The van der Waals surface area contributed by atoms with Crippen LogP contribution in [0.2, 0.25) is 0 Å². The number of hydrogen-bond acceptors (Lipinski definition) is 3. The van der Waals surface area contributed by atoms with Gasteiger partial charge in [0.05, 0.1) is 13.2 Å². The number of hydrogen-bond donors (Lipinski definition) is 1. The molecule has 1 aromatic heterocycles. The molecule has 1 atom stereocenters. The van der Waals surface area contributed by atoms with Crippen LogP contribution in [0.4, 0.5) is 0 Å². The summed E-state index contributed by atoms with van der Waals surface area (Å²) in [6.07, 6.45) is 2.85. The van der Waals surface area contributed by atoms with Gasteiger partial charge >= 0.3 is 0 Å². The quantitative estimate of drug-likeness (QED) is 0.913. The molecule has 3 nitrogen and oxygen atoms in total. The standard InChI is InChI=1S/C18H22N2O/c1-3-19-18(9-17-7-4-13(2)10-20-17)14-5-6-15-11-21-12-16(15)8-14/h4-8,10,18-19H,3,9,11-12H2,1-2H3. The zero-order valence-corrected chi connectivity index (χ0v) is 12.7. The van der Waals surface area contributed by atoms with E-state index in [1.807, 2.05) is 6.20 Å². The maximum Gasteiger partial charge on any atom is 0.0725 e. The third-order valence-corrected chi connectivity index (χ3v) is 3.98. The lowest BCUT2D eigenvalue weighted by Crippen LogP contribution is -2.23. The molecule has 0 saturated carbocycles. The van der Waals surface area contributed by atoms with Crippen molar-refractivity contribution in [3.8, 4) is 0 Å². The maximum absolute atomic E-state index is 5.51. The molecule has 0 spiro atoms. The highest BCUT2D eigenvalue weighted by Crippen LogP contribution is 2.25. The Morgan fingerprint density at radius 3 is 2.81 bits per heavy atom. The lowest BCUT2D eigenvalue weighted by molar-refractivity contribution is 0.134. The van der Waals surface area contributed by atoms with Gasteiger partial charge in [0.1, 0.15) is 0 Å². The molecule has 1 unspecified atom stereocenters. The number of pyridine rings is 1. The number of rotatable bonds is 5. The van der Waals surface area contributed by atoms with Gasteiger partial charge in [0.25, 0.3) is 0 Å². The second-order valence-corrected chi connectivity index (χ2v) is 5.66. The van der Waals surface area contributed by atoms with Crippen LogP contribution >= 0.6 is 0 Å². The van der Waals surface area contributed by atoms with E-state index in [2.05, 4.69) is 54.5 Å². The van der Waals surface area contributed by atoms with Gasteiger partial charge in [-0.05, 0) is 41.8 Å². The van der Waals surface area contributed by atoms with E-state index in [4.69, 9.17) is 4.74 Å². The molecule has 0 radical (unpaired) electrons. The van der Waals surface area contributed by atoms with E-state index in [0.29, 0.717) is 6.04 Å². The van der Waals surface area contributed by atoms with Crippen LogP contribution in [0, 0.1) is 6.92 Å². The van der Waals surface area contributed by atoms with E-state index in [1.165, 1.54) is 22.3 Å². The van der Waals surface area contributed by atoms with E-state index in [1.54, 1.807) is 0 Å². The summed E-state index contributed by atoms with van der Waals surface area (Å²) in [7, 11) is 0. The monoisotopic (exact) mass is 282 g/mol. The van der Waals surface area contributed by atoms with Crippen LogP contribution in [0.15, 0.2) is 36.5 Å². The number of aryl methyl sites for hydroxylation is 1. The molecule has 0 bridgehead atoms. The third-order valence-electron chi connectivity index (χ3n) is 3.98. The van der Waals surface area contributed by atoms with Crippen LogP contribution in [-0.2, 0) is 24.4 Å². The fraction of sp³-hybridized carbons (Fsp3) is 0.389. The zero-order chi connectivity index (χ0) is 14.7. The molecule has 2 heterocycles. The average Bonchev–Trinajstić information content (AvgIpc) is 2.96. The first-order chi connectivity index (χ1) is 10.3. The number of nitrogens with one attached hydrogen (secondary N) is 1. The molecule has 0 aliphatic carbocycles. The smallest absolute Gasteiger partial charge is 0.0725 e. The summed E-state index contributed by atoms with van der Waals surface area (Å²) in [5, 5.41) is 3.57. The Labute approximate surface area is 126 Å². The molecule has 21 heavy (non-hydrogen) atoms. The molecule has 1 aromatic carbocycles. The second-order valence-electron chi connectivity index (χ2n) is 5.66. The number of likely N-dealkylation sites (N-methyl/N-ethyl adjacent to an activating group) is 1. The molecule has 0 amide bonds. The highest BCUT2D eigenvalue weighted by Gasteiger charge is 2.16. The Morgan fingerprint density at radius 1 is 1.19 bits per heavy atom. The van der Waals surface area contributed by atoms with Crippen molar-refractivity contribution >= 4 is 0 Å². The molecule has 3 rings (SSSR count). The van der Waals surface area contributed by atoms with Gasteiger partial charge in [-0.3, -0.25) is 4.98 Å². The SMILES string of the molecule is CCNC(Cc1ccc(C)cn1)c1ccc2c(c1)COC2. The van der Waals surface area contributed by atoms with E-state index in [-0.39, 0.29) is 0 Å². The second kappa shape index (κ2) is 6.37. The van der Waals surface area contributed by atoms with Crippen molar-refractivity contribution in [3.05, 3.63) is 64.5 Å². The highest BCUT2D eigenvalue weighted by atomic mass is 16.5. The van der Waals surface area contributed by atoms with Crippen molar-refractivity contribution in [2.45, 2.75) is 39.5 Å². The van der Waals surface area contributed by atoms with E-state index >= 15 is 0 Å². The van der Waals surface area contributed by atoms with Crippen molar-refractivity contribution in [3.63, 3.8) is 0 Å². The average molecular weight is 282 g/mol. The first-order valence-corrected chi connectivity index (χ1v) is 7.60. The Morgan fingerprint density at radius 2 is 2.05 bits per heavy atom. The fourth-order valence-electron chi connectivity index (χ4n) is 2.79.